The Kier molecular flexibility index (Phi) is 9.39. The maximum absolute atomic E-state index is 13.6. The van der Waals surface area contributed by atoms with Crippen molar-refractivity contribution in [1.82, 2.24) is 50.3 Å². The summed E-state index contributed by atoms with van der Waals surface area (Å²) in [6.45, 7) is 14.8. The highest BCUT2D eigenvalue weighted by atomic mass is 16.6. The molecule has 0 spiro atoms. The Bertz CT molecular complexity index is 2320. The summed E-state index contributed by atoms with van der Waals surface area (Å²) in [5, 5.41) is 6.29. The Morgan fingerprint density at radius 3 is 1.32 bits per heavy atom. The topological polar surface area (TPSA) is 200 Å². The number of aromatic nitrogens is 6. The van der Waals surface area contributed by atoms with Crippen molar-refractivity contribution < 1.29 is 28.7 Å². The second-order valence-electron chi connectivity index (χ2n) is 18.9. The van der Waals surface area contributed by atoms with Gasteiger partial charge in [-0.3, -0.25) is 19.6 Å². The van der Waals surface area contributed by atoms with E-state index in [2.05, 4.69) is 20.6 Å². The molecule has 3 aromatic heterocycles. The van der Waals surface area contributed by atoms with Gasteiger partial charge in [0, 0.05) is 63.0 Å². The van der Waals surface area contributed by atoms with Gasteiger partial charge < -0.3 is 39.9 Å². The first kappa shape index (κ1) is 39.4. The minimum absolute atomic E-state index is 0.303. The molecule has 2 aliphatic carbocycles. The number of likely N-dealkylation sites (tertiary alicyclic amines) is 2. The van der Waals surface area contributed by atoms with Crippen LogP contribution in [0.2, 0.25) is 0 Å². The van der Waals surface area contributed by atoms with Gasteiger partial charge in [0.1, 0.15) is 11.6 Å². The van der Waals surface area contributed by atoms with Crippen LogP contribution in [0.1, 0.15) is 104 Å². The van der Waals surface area contributed by atoms with E-state index in [9.17, 15) is 19.2 Å². The van der Waals surface area contributed by atoms with Gasteiger partial charge in [-0.15, -0.1) is 0 Å². The van der Waals surface area contributed by atoms with Crippen LogP contribution < -0.4 is 10.6 Å². The molecule has 2 atom stereocenters. The molecule has 16 heteroatoms. The first-order chi connectivity index (χ1) is 28.5. The lowest BCUT2D eigenvalue weighted by Gasteiger charge is -2.33. The third-order valence-corrected chi connectivity index (χ3v) is 12.1. The van der Waals surface area contributed by atoms with Crippen LogP contribution in [-0.2, 0) is 19.1 Å². The fourth-order valence-electron chi connectivity index (χ4n) is 7.63. The lowest BCUT2D eigenvalue weighted by atomic mass is 9.86. The fourth-order valence-corrected chi connectivity index (χ4v) is 7.63. The molecule has 4 amide bonds. The molecule has 9 rings (SSSR count). The number of fused-ring (bicyclic) bond motifs is 2. The van der Waals surface area contributed by atoms with Crippen LogP contribution in [0.25, 0.3) is 44.6 Å². The van der Waals surface area contributed by atoms with Gasteiger partial charge in [0.05, 0.1) is 57.9 Å². The normalized spacial score (nSPS) is 18.8. The fraction of sp³-hybridized carbons (Fsp3) is 0.500. The number of rotatable bonds is 10. The molecular formula is C44H52N10O6. The minimum atomic E-state index is -1.13. The largest absolute Gasteiger partial charge is 0.433 e. The predicted molar refractivity (Wildman–Crippen MR) is 222 cm³/mol. The first-order valence-corrected chi connectivity index (χ1v) is 20.9. The summed E-state index contributed by atoms with van der Waals surface area (Å²) in [6.07, 6.45) is 6.50. The van der Waals surface area contributed by atoms with Crippen molar-refractivity contribution in [1.29, 1.82) is 0 Å². The van der Waals surface area contributed by atoms with E-state index in [0.717, 1.165) is 46.0 Å². The lowest BCUT2D eigenvalue weighted by Crippen LogP contribution is -2.49. The minimum Gasteiger partial charge on any atom is -0.433 e. The standard InChI is InChI=1S/C44H52N10O6/c1-41(2,3)33(51-37(55)43(13-14-43)59-39(57)53-17-7-18-53)35-47-27-11-9-25(21-29(27)49-35)31-23-46-32(24-45-31)26-10-12-28-30(22-26)50-36(48-28)34(42(4,5)6)52-38(56)44(15-16-44)60-40(58)54-19-8-20-54/h9-12,21-24,33-34H,7-8,13-20H2,1-6H3,(H,47,49)(H,48,50)(H,51,55)(H,52,56)/t33-,34-/m1/s1. The van der Waals surface area contributed by atoms with E-state index in [1.807, 2.05) is 77.9 Å². The highest BCUT2D eigenvalue weighted by molar-refractivity contribution is 5.92. The molecule has 2 aromatic carbocycles. The maximum Gasteiger partial charge on any atom is 0.410 e. The van der Waals surface area contributed by atoms with Gasteiger partial charge in [-0.2, -0.15) is 0 Å². The van der Waals surface area contributed by atoms with Crippen LogP contribution in [0.5, 0.6) is 0 Å². The zero-order chi connectivity index (χ0) is 42.2. The number of imidazole rings is 2. The quantitative estimate of drug-likeness (QED) is 0.117. The van der Waals surface area contributed by atoms with E-state index in [1.54, 1.807) is 22.2 Å². The summed E-state index contributed by atoms with van der Waals surface area (Å²) in [6, 6.07) is 10.7. The SMILES string of the molecule is CC(C)(C)[C@H](NC(=O)C1(OC(=O)N2CCC2)CC1)c1nc2ccc(-c3cnc(-c4ccc5nc([C@@H](NC(=O)C6(OC(=O)N7CCC7)CC6)C(C)(C)C)[nH]c5c4)cn3)cc2[nH]1. The molecule has 0 unspecified atom stereocenters. The molecule has 2 saturated carbocycles. The molecule has 4 aliphatic rings. The maximum atomic E-state index is 13.6. The van der Waals surface area contributed by atoms with Gasteiger partial charge in [-0.25, -0.2) is 19.6 Å². The number of ether oxygens (including phenoxy) is 2. The van der Waals surface area contributed by atoms with Crippen LogP contribution in [0, 0.1) is 10.8 Å². The number of amides is 4. The Hall–Kier alpha value is -6.06. The second kappa shape index (κ2) is 14.3. The van der Waals surface area contributed by atoms with E-state index >= 15 is 0 Å². The van der Waals surface area contributed by atoms with Crippen LogP contribution >= 0.6 is 0 Å². The zero-order valence-corrected chi connectivity index (χ0v) is 35.0. The van der Waals surface area contributed by atoms with E-state index in [1.165, 1.54) is 0 Å². The Morgan fingerprint density at radius 1 is 0.633 bits per heavy atom. The number of aromatic amines is 2. The van der Waals surface area contributed by atoms with Crippen molar-refractivity contribution in [2.75, 3.05) is 26.2 Å². The van der Waals surface area contributed by atoms with Gasteiger partial charge in [-0.05, 0) is 47.9 Å². The summed E-state index contributed by atoms with van der Waals surface area (Å²) in [5.74, 6) is 0.612. The molecule has 16 nitrogen and oxygen atoms in total. The number of carbonyl (C=O) groups is 4. The van der Waals surface area contributed by atoms with Crippen molar-refractivity contribution >= 4 is 46.1 Å². The molecule has 2 saturated heterocycles. The molecule has 0 radical (unpaired) electrons. The van der Waals surface area contributed by atoms with Crippen LogP contribution in [-0.4, -0.2) is 101 Å². The number of hydrogen-bond acceptors (Lipinski definition) is 10. The van der Waals surface area contributed by atoms with Gasteiger partial charge in [0.2, 0.25) is 0 Å². The van der Waals surface area contributed by atoms with Gasteiger partial charge in [0.25, 0.3) is 11.8 Å². The highest BCUT2D eigenvalue weighted by Gasteiger charge is 2.57. The number of carbonyl (C=O) groups excluding carboxylic acids is 4. The second-order valence-corrected chi connectivity index (χ2v) is 18.9. The zero-order valence-electron chi connectivity index (χ0n) is 35.0. The summed E-state index contributed by atoms with van der Waals surface area (Å²) >= 11 is 0. The highest BCUT2D eigenvalue weighted by Crippen LogP contribution is 2.44. The third-order valence-electron chi connectivity index (χ3n) is 12.1. The number of nitrogens with one attached hydrogen (secondary N) is 4. The van der Waals surface area contributed by atoms with Crippen molar-refractivity contribution in [2.24, 2.45) is 10.8 Å². The molecule has 0 bridgehead atoms. The first-order valence-electron chi connectivity index (χ1n) is 20.9. The number of benzene rings is 2. The van der Waals surface area contributed by atoms with E-state index in [0.29, 0.717) is 74.9 Å². The molecule has 314 valence electrons. The summed E-state index contributed by atoms with van der Waals surface area (Å²) in [7, 11) is 0. The van der Waals surface area contributed by atoms with Crippen LogP contribution in [0.3, 0.4) is 0 Å². The smallest absolute Gasteiger partial charge is 0.410 e. The summed E-state index contributed by atoms with van der Waals surface area (Å²) < 4.78 is 11.4. The van der Waals surface area contributed by atoms with Gasteiger partial charge in [-0.1, -0.05) is 53.7 Å². The van der Waals surface area contributed by atoms with Crippen molar-refractivity contribution in [3.63, 3.8) is 0 Å². The average molecular weight is 817 g/mol. The molecule has 4 N–H and O–H groups in total. The third kappa shape index (κ3) is 7.51. The molecule has 5 heterocycles. The number of nitrogens with zero attached hydrogens (tertiary/aromatic N) is 6. The van der Waals surface area contributed by atoms with Gasteiger partial charge in [0.15, 0.2) is 11.2 Å². The van der Waals surface area contributed by atoms with E-state index in [-0.39, 0.29) is 11.8 Å². The summed E-state index contributed by atoms with van der Waals surface area (Å²) in [5.41, 5.74) is 3.02. The Balaban J connectivity index is 0.895. The number of H-pyrrole nitrogens is 2. The van der Waals surface area contributed by atoms with Crippen molar-refractivity contribution in [3.8, 4) is 22.5 Å². The Morgan fingerprint density at radius 2 is 1.02 bits per heavy atom. The molecule has 60 heavy (non-hydrogen) atoms. The summed E-state index contributed by atoms with van der Waals surface area (Å²) in [4.78, 5) is 81.6. The monoisotopic (exact) mass is 816 g/mol. The number of hydrogen-bond donors (Lipinski definition) is 4. The molecular weight excluding hydrogens is 765 g/mol. The predicted octanol–water partition coefficient (Wildman–Crippen LogP) is 6.72. The molecule has 5 aromatic rings. The van der Waals surface area contributed by atoms with Crippen molar-refractivity contribution in [2.45, 2.75) is 103 Å². The Labute approximate surface area is 347 Å². The van der Waals surface area contributed by atoms with Gasteiger partial charge >= 0.3 is 12.2 Å². The van der Waals surface area contributed by atoms with E-state index in [4.69, 9.17) is 29.4 Å². The van der Waals surface area contributed by atoms with Crippen LogP contribution in [0.15, 0.2) is 48.8 Å². The molecule has 2 aliphatic heterocycles. The average Bonchev–Trinajstić information content (AvgIpc) is 4.02. The van der Waals surface area contributed by atoms with Crippen LogP contribution in [0.4, 0.5) is 9.59 Å². The lowest BCUT2D eigenvalue weighted by molar-refractivity contribution is -0.134. The van der Waals surface area contributed by atoms with E-state index < -0.39 is 46.3 Å². The van der Waals surface area contributed by atoms with Crippen molar-refractivity contribution in [3.05, 3.63) is 60.4 Å². The molecule has 4 fully saturated rings.